The summed E-state index contributed by atoms with van der Waals surface area (Å²) in [5, 5.41) is 8.84. The van der Waals surface area contributed by atoms with Crippen LogP contribution in [0.4, 0.5) is 5.82 Å². The molecule has 1 amide bonds. The van der Waals surface area contributed by atoms with E-state index in [9.17, 15) is 9.59 Å². The number of anilines is 1. The third-order valence-corrected chi connectivity index (χ3v) is 6.93. The normalized spacial score (nSPS) is 14.4. The first-order valence-electron chi connectivity index (χ1n) is 12.6. The fourth-order valence-corrected chi connectivity index (χ4v) is 4.74. The highest BCUT2D eigenvalue weighted by molar-refractivity contribution is 6.15. The molecule has 2 aliphatic rings. The molecule has 1 fully saturated rings. The Labute approximate surface area is 220 Å². The van der Waals surface area contributed by atoms with E-state index < -0.39 is 0 Å². The summed E-state index contributed by atoms with van der Waals surface area (Å²) in [4.78, 5) is 30.5. The van der Waals surface area contributed by atoms with E-state index in [1.54, 1.807) is 41.3 Å². The van der Waals surface area contributed by atoms with E-state index in [0.717, 1.165) is 28.4 Å². The Kier molecular flexibility index (Phi) is 6.21. The molecule has 8 nitrogen and oxygen atoms in total. The number of hydrogen-bond donors (Lipinski definition) is 0. The van der Waals surface area contributed by atoms with Gasteiger partial charge in [-0.05, 0) is 43.3 Å². The maximum atomic E-state index is 13.4. The average molecular weight is 507 g/mol. The molecule has 0 atom stereocenters. The summed E-state index contributed by atoms with van der Waals surface area (Å²) in [6.45, 7) is 4.50. The van der Waals surface area contributed by atoms with Crippen molar-refractivity contribution in [2.45, 2.75) is 6.92 Å². The van der Waals surface area contributed by atoms with Crippen LogP contribution in [0.2, 0.25) is 0 Å². The van der Waals surface area contributed by atoms with Crippen LogP contribution in [0.25, 0.3) is 11.3 Å². The molecule has 6 rings (SSSR count). The molecule has 38 heavy (non-hydrogen) atoms. The molecule has 8 heteroatoms. The van der Waals surface area contributed by atoms with Crippen molar-refractivity contribution in [2.75, 3.05) is 37.9 Å². The summed E-state index contributed by atoms with van der Waals surface area (Å²) in [6, 6.07) is 24.0. The monoisotopic (exact) mass is 506 g/mol. The molecule has 1 saturated heterocycles. The van der Waals surface area contributed by atoms with Gasteiger partial charge in [0.2, 0.25) is 6.79 Å². The summed E-state index contributed by atoms with van der Waals surface area (Å²) >= 11 is 0. The lowest BCUT2D eigenvalue weighted by Crippen LogP contribution is -2.49. The molecule has 2 aliphatic heterocycles. The third kappa shape index (κ3) is 4.56. The number of benzene rings is 3. The molecule has 0 unspecified atom stereocenters. The number of ether oxygens (including phenoxy) is 2. The number of amides is 1. The largest absolute Gasteiger partial charge is 0.454 e. The number of aromatic nitrogens is 2. The van der Waals surface area contributed by atoms with E-state index in [1.165, 1.54) is 0 Å². The summed E-state index contributed by atoms with van der Waals surface area (Å²) in [5.41, 5.74) is 4.16. The van der Waals surface area contributed by atoms with Crippen LogP contribution in [0, 0.1) is 6.92 Å². The molecule has 0 bridgehead atoms. The number of aryl methyl sites for hydroxylation is 1. The van der Waals surface area contributed by atoms with Crippen molar-refractivity contribution in [2.24, 2.45) is 0 Å². The van der Waals surface area contributed by atoms with Gasteiger partial charge in [-0.1, -0.05) is 48.0 Å². The van der Waals surface area contributed by atoms with Crippen LogP contribution >= 0.6 is 0 Å². The van der Waals surface area contributed by atoms with Gasteiger partial charge in [-0.3, -0.25) is 9.59 Å². The molecule has 0 aliphatic carbocycles. The van der Waals surface area contributed by atoms with Crippen molar-refractivity contribution in [1.29, 1.82) is 0 Å². The SMILES string of the molecule is Cc1ccc(C(=O)c2ccccc2C(=O)N2CCN(c3ccc(-c4ccc5c(c4)OCO5)nn3)CC2)cc1. The zero-order valence-corrected chi connectivity index (χ0v) is 21.0. The van der Waals surface area contributed by atoms with E-state index >= 15 is 0 Å². The Balaban J connectivity index is 1.12. The van der Waals surface area contributed by atoms with Crippen LogP contribution in [0.15, 0.2) is 78.9 Å². The minimum absolute atomic E-state index is 0.134. The Morgan fingerprint density at radius 3 is 2.24 bits per heavy atom. The first-order chi connectivity index (χ1) is 18.6. The molecule has 3 aromatic carbocycles. The Morgan fingerprint density at radius 2 is 1.50 bits per heavy atom. The van der Waals surface area contributed by atoms with Crippen molar-refractivity contribution in [1.82, 2.24) is 15.1 Å². The van der Waals surface area contributed by atoms with Crippen LogP contribution < -0.4 is 14.4 Å². The minimum Gasteiger partial charge on any atom is -0.454 e. The van der Waals surface area contributed by atoms with Gasteiger partial charge in [0.1, 0.15) is 0 Å². The highest BCUT2D eigenvalue weighted by atomic mass is 16.7. The van der Waals surface area contributed by atoms with Crippen molar-refractivity contribution in [3.63, 3.8) is 0 Å². The molecular weight excluding hydrogens is 480 g/mol. The summed E-state index contributed by atoms with van der Waals surface area (Å²) < 4.78 is 10.8. The maximum Gasteiger partial charge on any atom is 0.254 e. The minimum atomic E-state index is -0.148. The lowest BCUT2D eigenvalue weighted by atomic mass is 9.97. The van der Waals surface area contributed by atoms with Gasteiger partial charge in [-0.15, -0.1) is 10.2 Å². The molecule has 0 radical (unpaired) electrons. The van der Waals surface area contributed by atoms with Crippen molar-refractivity contribution in [3.8, 4) is 22.8 Å². The molecular formula is C30H26N4O4. The first kappa shape index (κ1) is 23.7. The quantitative estimate of drug-likeness (QED) is 0.372. The van der Waals surface area contributed by atoms with Crippen LogP contribution in [0.1, 0.15) is 31.8 Å². The van der Waals surface area contributed by atoms with E-state index in [2.05, 4.69) is 15.1 Å². The highest BCUT2D eigenvalue weighted by Gasteiger charge is 2.26. The Morgan fingerprint density at radius 1 is 0.763 bits per heavy atom. The van der Waals surface area contributed by atoms with Gasteiger partial charge in [-0.25, -0.2) is 0 Å². The first-order valence-corrected chi connectivity index (χ1v) is 12.6. The number of ketones is 1. The lowest BCUT2D eigenvalue weighted by molar-refractivity contribution is 0.0742. The van der Waals surface area contributed by atoms with Gasteiger partial charge >= 0.3 is 0 Å². The highest BCUT2D eigenvalue weighted by Crippen LogP contribution is 2.35. The van der Waals surface area contributed by atoms with Gasteiger partial charge < -0.3 is 19.3 Å². The zero-order chi connectivity index (χ0) is 26.1. The number of fused-ring (bicyclic) bond motifs is 1. The maximum absolute atomic E-state index is 13.4. The zero-order valence-electron chi connectivity index (χ0n) is 21.0. The number of rotatable bonds is 5. The average Bonchev–Trinajstić information content (AvgIpc) is 3.45. The summed E-state index contributed by atoms with van der Waals surface area (Å²) in [7, 11) is 0. The van der Waals surface area contributed by atoms with E-state index in [0.29, 0.717) is 48.6 Å². The second-order valence-electron chi connectivity index (χ2n) is 9.36. The van der Waals surface area contributed by atoms with Gasteiger partial charge in [0.05, 0.1) is 11.3 Å². The number of carbonyl (C=O) groups excluding carboxylic acids is 2. The third-order valence-electron chi connectivity index (χ3n) is 6.93. The van der Waals surface area contributed by atoms with Crippen LogP contribution in [-0.2, 0) is 0 Å². The van der Waals surface area contributed by atoms with Gasteiger partial charge in [0.25, 0.3) is 5.91 Å². The lowest BCUT2D eigenvalue weighted by Gasteiger charge is -2.35. The Bertz CT molecular complexity index is 1490. The molecule has 4 aromatic rings. The molecule has 190 valence electrons. The fraction of sp³-hybridized carbons (Fsp3) is 0.200. The second kappa shape index (κ2) is 9.97. The van der Waals surface area contributed by atoms with Gasteiger partial charge in [0, 0.05) is 42.9 Å². The van der Waals surface area contributed by atoms with Crippen LogP contribution in [0.3, 0.4) is 0 Å². The van der Waals surface area contributed by atoms with Crippen molar-refractivity contribution >= 4 is 17.5 Å². The number of carbonyl (C=O) groups is 2. The molecule has 0 N–H and O–H groups in total. The number of hydrogen-bond acceptors (Lipinski definition) is 7. The van der Waals surface area contributed by atoms with Crippen molar-refractivity contribution < 1.29 is 19.1 Å². The summed E-state index contributed by atoms with van der Waals surface area (Å²) in [5.74, 6) is 1.91. The standard InChI is InChI=1S/C30H26N4O4/c1-20-6-8-21(9-7-20)29(35)23-4-2-3-5-24(23)30(36)34-16-14-33(15-17-34)28-13-11-25(31-32-28)22-10-12-26-27(18-22)38-19-37-26/h2-13,18H,14-17,19H2,1H3. The fourth-order valence-electron chi connectivity index (χ4n) is 4.74. The molecule has 0 saturated carbocycles. The van der Waals surface area contributed by atoms with E-state index in [1.807, 2.05) is 49.4 Å². The van der Waals surface area contributed by atoms with Crippen LogP contribution in [0.5, 0.6) is 11.5 Å². The predicted molar refractivity (Wildman–Crippen MR) is 143 cm³/mol. The predicted octanol–water partition coefficient (Wildman–Crippen LogP) is 4.37. The summed E-state index contributed by atoms with van der Waals surface area (Å²) in [6.07, 6.45) is 0. The van der Waals surface area contributed by atoms with Crippen LogP contribution in [-0.4, -0.2) is 59.8 Å². The van der Waals surface area contributed by atoms with Crippen molar-refractivity contribution in [3.05, 3.63) is 101 Å². The van der Waals surface area contributed by atoms with E-state index in [4.69, 9.17) is 9.47 Å². The Hall–Kier alpha value is -4.72. The molecule has 0 spiro atoms. The number of nitrogens with zero attached hydrogens (tertiary/aromatic N) is 4. The number of piperazine rings is 1. The smallest absolute Gasteiger partial charge is 0.254 e. The van der Waals surface area contributed by atoms with Gasteiger partial charge in [-0.2, -0.15) is 0 Å². The molecule has 1 aromatic heterocycles. The van der Waals surface area contributed by atoms with Gasteiger partial charge in [0.15, 0.2) is 23.1 Å². The topological polar surface area (TPSA) is 84.9 Å². The second-order valence-corrected chi connectivity index (χ2v) is 9.36. The van der Waals surface area contributed by atoms with E-state index in [-0.39, 0.29) is 18.5 Å². The molecule has 3 heterocycles.